The summed E-state index contributed by atoms with van der Waals surface area (Å²) in [6.07, 6.45) is 15.0. The first-order chi connectivity index (χ1) is 9.24. The SMILES string of the molecule is CN(CC1CCCCC1)CC1(CO)CCCCCC1. The van der Waals surface area contributed by atoms with Gasteiger partial charge in [-0.3, -0.25) is 0 Å². The van der Waals surface area contributed by atoms with Crippen molar-refractivity contribution < 1.29 is 5.11 Å². The third kappa shape index (κ3) is 4.75. The van der Waals surface area contributed by atoms with Gasteiger partial charge in [0, 0.05) is 25.1 Å². The summed E-state index contributed by atoms with van der Waals surface area (Å²) in [5, 5.41) is 9.89. The molecule has 0 bridgehead atoms. The van der Waals surface area contributed by atoms with Gasteiger partial charge in [0.15, 0.2) is 0 Å². The fourth-order valence-electron chi connectivity index (χ4n) is 4.29. The summed E-state index contributed by atoms with van der Waals surface area (Å²) in [7, 11) is 2.27. The highest BCUT2D eigenvalue weighted by Gasteiger charge is 2.32. The van der Waals surface area contributed by atoms with Crippen LogP contribution in [-0.4, -0.2) is 36.8 Å². The second kappa shape index (κ2) is 7.64. The normalized spacial score (nSPS) is 25.4. The maximum atomic E-state index is 9.89. The maximum Gasteiger partial charge on any atom is 0.0499 e. The first-order valence-electron chi connectivity index (χ1n) is 8.53. The van der Waals surface area contributed by atoms with E-state index >= 15 is 0 Å². The van der Waals surface area contributed by atoms with Crippen LogP contribution in [0.15, 0.2) is 0 Å². The number of aliphatic hydroxyl groups is 1. The minimum atomic E-state index is 0.208. The van der Waals surface area contributed by atoms with Crippen LogP contribution in [0.4, 0.5) is 0 Å². The Morgan fingerprint density at radius 3 is 2.11 bits per heavy atom. The number of hydrogen-bond acceptors (Lipinski definition) is 2. The zero-order valence-corrected chi connectivity index (χ0v) is 12.9. The molecule has 2 nitrogen and oxygen atoms in total. The van der Waals surface area contributed by atoms with E-state index in [2.05, 4.69) is 11.9 Å². The molecule has 112 valence electrons. The molecule has 0 atom stereocenters. The average Bonchev–Trinajstić information content (AvgIpc) is 2.66. The van der Waals surface area contributed by atoms with Crippen LogP contribution in [0, 0.1) is 11.3 Å². The Kier molecular flexibility index (Phi) is 6.15. The van der Waals surface area contributed by atoms with Crippen molar-refractivity contribution in [2.75, 3.05) is 26.7 Å². The Morgan fingerprint density at radius 2 is 1.53 bits per heavy atom. The van der Waals surface area contributed by atoms with Crippen molar-refractivity contribution in [3.05, 3.63) is 0 Å². The Labute approximate surface area is 119 Å². The van der Waals surface area contributed by atoms with Crippen LogP contribution in [-0.2, 0) is 0 Å². The molecule has 0 saturated heterocycles. The van der Waals surface area contributed by atoms with Crippen molar-refractivity contribution in [2.24, 2.45) is 11.3 Å². The zero-order valence-electron chi connectivity index (χ0n) is 12.9. The molecule has 0 amide bonds. The first-order valence-corrected chi connectivity index (χ1v) is 8.53. The molecule has 2 aliphatic rings. The zero-order chi connectivity index (χ0) is 13.6. The summed E-state index contributed by atoms with van der Waals surface area (Å²) in [5.41, 5.74) is 0.208. The fraction of sp³-hybridized carbons (Fsp3) is 1.00. The predicted molar refractivity (Wildman–Crippen MR) is 81.3 cm³/mol. The minimum Gasteiger partial charge on any atom is -0.396 e. The van der Waals surface area contributed by atoms with E-state index in [9.17, 15) is 5.11 Å². The van der Waals surface area contributed by atoms with Crippen LogP contribution in [0.25, 0.3) is 0 Å². The number of nitrogens with zero attached hydrogens (tertiary/aromatic N) is 1. The van der Waals surface area contributed by atoms with Crippen molar-refractivity contribution >= 4 is 0 Å². The van der Waals surface area contributed by atoms with Crippen molar-refractivity contribution in [1.29, 1.82) is 0 Å². The van der Waals surface area contributed by atoms with Gasteiger partial charge >= 0.3 is 0 Å². The molecule has 0 aromatic heterocycles. The van der Waals surface area contributed by atoms with Crippen molar-refractivity contribution in [3.63, 3.8) is 0 Å². The second-order valence-electron chi connectivity index (χ2n) is 7.27. The molecule has 19 heavy (non-hydrogen) atoms. The van der Waals surface area contributed by atoms with Gasteiger partial charge in [0.05, 0.1) is 0 Å². The van der Waals surface area contributed by atoms with Gasteiger partial charge in [-0.1, -0.05) is 44.9 Å². The Balaban J connectivity index is 1.82. The highest BCUT2D eigenvalue weighted by atomic mass is 16.3. The van der Waals surface area contributed by atoms with Crippen LogP contribution >= 0.6 is 0 Å². The Hall–Kier alpha value is -0.0800. The third-order valence-corrected chi connectivity index (χ3v) is 5.40. The van der Waals surface area contributed by atoms with E-state index in [0.29, 0.717) is 6.61 Å². The van der Waals surface area contributed by atoms with Crippen LogP contribution in [0.5, 0.6) is 0 Å². The predicted octanol–water partition coefficient (Wildman–Crippen LogP) is 3.83. The quantitative estimate of drug-likeness (QED) is 0.765. The second-order valence-corrected chi connectivity index (χ2v) is 7.27. The molecular formula is C17H33NO. The molecule has 0 spiro atoms. The highest BCUT2D eigenvalue weighted by Crippen LogP contribution is 2.35. The summed E-state index contributed by atoms with van der Waals surface area (Å²) < 4.78 is 0. The van der Waals surface area contributed by atoms with Crippen molar-refractivity contribution in [3.8, 4) is 0 Å². The summed E-state index contributed by atoms with van der Waals surface area (Å²) >= 11 is 0. The lowest BCUT2D eigenvalue weighted by Crippen LogP contribution is -2.40. The topological polar surface area (TPSA) is 23.5 Å². The smallest absolute Gasteiger partial charge is 0.0499 e. The lowest BCUT2D eigenvalue weighted by atomic mass is 9.80. The van der Waals surface area contributed by atoms with Gasteiger partial charge < -0.3 is 10.0 Å². The molecule has 0 radical (unpaired) electrons. The van der Waals surface area contributed by atoms with E-state index in [0.717, 1.165) is 12.5 Å². The Morgan fingerprint density at radius 1 is 0.947 bits per heavy atom. The molecule has 2 fully saturated rings. The maximum absolute atomic E-state index is 9.89. The molecule has 0 aromatic rings. The fourth-order valence-corrected chi connectivity index (χ4v) is 4.29. The van der Waals surface area contributed by atoms with E-state index < -0.39 is 0 Å². The number of rotatable bonds is 5. The van der Waals surface area contributed by atoms with Crippen LogP contribution < -0.4 is 0 Å². The third-order valence-electron chi connectivity index (χ3n) is 5.40. The summed E-state index contributed by atoms with van der Waals surface area (Å²) in [4.78, 5) is 2.53. The average molecular weight is 267 g/mol. The highest BCUT2D eigenvalue weighted by molar-refractivity contribution is 4.84. The molecule has 2 saturated carbocycles. The van der Waals surface area contributed by atoms with Gasteiger partial charge in [0.1, 0.15) is 0 Å². The largest absolute Gasteiger partial charge is 0.396 e. The van der Waals surface area contributed by atoms with Gasteiger partial charge in [-0.25, -0.2) is 0 Å². The summed E-state index contributed by atoms with van der Waals surface area (Å²) in [6, 6.07) is 0. The lowest BCUT2D eigenvalue weighted by Gasteiger charge is -2.37. The van der Waals surface area contributed by atoms with Gasteiger partial charge in [0.2, 0.25) is 0 Å². The van der Waals surface area contributed by atoms with E-state index in [-0.39, 0.29) is 5.41 Å². The molecule has 1 N–H and O–H groups in total. The van der Waals surface area contributed by atoms with Gasteiger partial charge in [-0.2, -0.15) is 0 Å². The summed E-state index contributed by atoms with van der Waals surface area (Å²) in [5.74, 6) is 0.917. The van der Waals surface area contributed by atoms with Crippen LogP contribution in [0.3, 0.4) is 0 Å². The molecule has 0 aromatic carbocycles. The summed E-state index contributed by atoms with van der Waals surface area (Å²) in [6.45, 7) is 2.75. The van der Waals surface area contributed by atoms with E-state index in [1.807, 2.05) is 0 Å². The van der Waals surface area contributed by atoms with E-state index in [1.54, 1.807) is 0 Å². The molecule has 0 aliphatic heterocycles. The molecular weight excluding hydrogens is 234 g/mol. The molecule has 2 aliphatic carbocycles. The minimum absolute atomic E-state index is 0.208. The van der Waals surface area contributed by atoms with Gasteiger partial charge in [-0.05, 0) is 38.6 Å². The number of aliphatic hydroxyl groups excluding tert-OH is 1. The van der Waals surface area contributed by atoms with Gasteiger partial charge in [-0.15, -0.1) is 0 Å². The first kappa shape index (κ1) is 15.3. The Bertz CT molecular complexity index is 240. The van der Waals surface area contributed by atoms with Crippen molar-refractivity contribution in [1.82, 2.24) is 4.90 Å². The van der Waals surface area contributed by atoms with Crippen molar-refractivity contribution in [2.45, 2.75) is 70.6 Å². The molecule has 0 heterocycles. The van der Waals surface area contributed by atoms with E-state index in [1.165, 1.54) is 77.2 Å². The van der Waals surface area contributed by atoms with Crippen LogP contribution in [0.2, 0.25) is 0 Å². The monoisotopic (exact) mass is 267 g/mol. The number of hydrogen-bond donors (Lipinski definition) is 1. The molecule has 2 rings (SSSR count). The van der Waals surface area contributed by atoms with E-state index in [4.69, 9.17) is 0 Å². The standard InChI is InChI=1S/C17H33NO/c1-18(13-16-9-5-4-6-10-16)14-17(15-19)11-7-2-3-8-12-17/h16,19H,2-15H2,1H3. The lowest BCUT2D eigenvalue weighted by molar-refractivity contribution is 0.0609. The molecule has 0 unspecified atom stereocenters. The van der Waals surface area contributed by atoms with Crippen LogP contribution in [0.1, 0.15) is 70.6 Å². The molecule has 2 heteroatoms. The van der Waals surface area contributed by atoms with Gasteiger partial charge in [0.25, 0.3) is 0 Å².